The molecule has 0 amide bonds. The first-order valence-corrected chi connectivity index (χ1v) is 10.2. The van der Waals surface area contributed by atoms with Gasteiger partial charge in [0.1, 0.15) is 23.8 Å². The summed E-state index contributed by atoms with van der Waals surface area (Å²) in [4.78, 5) is 38.2. The maximum Gasteiger partial charge on any atom is 0.469 e. The van der Waals surface area contributed by atoms with E-state index in [-0.39, 0.29) is 11.5 Å². The first kappa shape index (κ1) is 26.1. The van der Waals surface area contributed by atoms with Gasteiger partial charge in [-0.1, -0.05) is 13.8 Å². The molecule has 1 saturated heterocycles. The fraction of sp³-hybridized carbons (Fsp3) is 0.562. The maximum absolute atomic E-state index is 10.9. The summed E-state index contributed by atoms with van der Waals surface area (Å²) in [5, 5.41) is 36.9. The highest BCUT2D eigenvalue weighted by Crippen LogP contribution is 2.37. The lowest BCUT2D eigenvalue weighted by Crippen LogP contribution is -2.46. The second kappa shape index (κ2) is 10.9. The number of nitrogens with zero attached hydrogens (tertiary/aromatic N) is 1. The van der Waals surface area contributed by atoms with E-state index in [2.05, 4.69) is 4.52 Å². The van der Waals surface area contributed by atoms with Crippen LogP contribution >= 0.6 is 7.82 Å². The number of aliphatic carboxylic acids is 1. The molecule has 30 heavy (non-hydrogen) atoms. The van der Waals surface area contributed by atoms with E-state index in [1.807, 2.05) is 0 Å². The number of aromatic nitrogens is 1. The highest BCUT2D eigenvalue weighted by Gasteiger charge is 2.48. The number of ether oxygens (including phenoxy) is 1. The Morgan fingerprint density at radius 3 is 2.30 bits per heavy atom. The number of rotatable bonds is 7. The normalized spacial score (nSPS) is 24.8. The second-order valence-corrected chi connectivity index (χ2v) is 8.03. The molecule has 170 valence electrons. The molecular formula is C16H26N2O11P+. The molecule has 1 fully saturated rings. The van der Waals surface area contributed by atoms with Gasteiger partial charge in [0.25, 0.3) is 6.23 Å². The van der Waals surface area contributed by atoms with Gasteiger partial charge >= 0.3 is 19.8 Å². The van der Waals surface area contributed by atoms with E-state index in [0.29, 0.717) is 0 Å². The van der Waals surface area contributed by atoms with Crippen molar-refractivity contribution in [1.82, 2.24) is 0 Å². The molecule has 1 aliphatic heterocycles. The molecule has 1 aliphatic rings. The van der Waals surface area contributed by atoms with Crippen LogP contribution in [0.1, 0.15) is 30.4 Å². The highest BCUT2D eigenvalue weighted by atomic mass is 31.2. The van der Waals surface area contributed by atoms with Crippen LogP contribution in [0.5, 0.6) is 0 Å². The number of nitrogens with two attached hydrogens (primary N) is 1. The highest BCUT2D eigenvalue weighted by molar-refractivity contribution is 7.46. The van der Waals surface area contributed by atoms with Crippen LogP contribution in [0.15, 0.2) is 24.5 Å². The first-order chi connectivity index (χ1) is 13.7. The van der Waals surface area contributed by atoms with Crippen molar-refractivity contribution in [2.75, 3.05) is 6.61 Å². The standard InChI is InChI=1S/C11H14NO9P.C5H11NO2/c13-8-7(5-20-22(17,18)19)21-10(9(8)14)12-3-1-2-6(4-12)11(15)16;1-3(2)4(6)5(7)8/h1-4,7-10,13-14H,5H2,(H2-,15,16,17,18,19);3-4H,6H2,1-2H3,(H,7,8)/p+1/t7-,8-,9-,10-;4-/m10/s1. The Labute approximate surface area is 171 Å². The lowest BCUT2D eigenvalue weighted by molar-refractivity contribution is -0.765. The van der Waals surface area contributed by atoms with Crippen LogP contribution in [0.25, 0.3) is 0 Å². The Morgan fingerprint density at radius 1 is 1.27 bits per heavy atom. The van der Waals surface area contributed by atoms with Gasteiger partial charge in [0, 0.05) is 6.07 Å². The third kappa shape index (κ3) is 7.70. The quantitative estimate of drug-likeness (QED) is 0.184. The van der Waals surface area contributed by atoms with E-state index < -0.39 is 56.9 Å². The number of phosphoric acid groups is 1. The minimum absolute atomic E-state index is 0.0208. The number of hydrogen-bond donors (Lipinski definition) is 7. The monoisotopic (exact) mass is 453 g/mol. The SMILES string of the molecule is CC(C)[C@H](N)C(=O)O.O=C(O)c1ccc[n+]([C@@H]2O[C@H](COP(=O)(O)O)[C@@H](O)[C@H]2O)c1. The number of aliphatic hydroxyl groups excluding tert-OH is 2. The van der Waals surface area contributed by atoms with Gasteiger partial charge < -0.3 is 40.7 Å². The first-order valence-electron chi connectivity index (χ1n) is 8.68. The smallest absolute Gasteiger partial charge is 0.469 e. The van der Waals surface area contributed by atoms with Crippen molar-refractivity contribution in [1.29, 1.82) is 0 Å². The molecule has 8 N–H and O–H groups in total. The summed E-state index contributed by atoms with van der Waals surface area (Å²) in [6.45, 7) is 2.93. The largest absolute Gasteiger partial charge is 0.480 e. The summed E-state index contributed by atoms with van der Waals surface area (Å²) in [7, 11) is -4.73. The second-order valence-electron chi connectivity index (χ2n) is 6.79. The molecule has 2 heterocycles. The molecule has 0 saturated carbocycles. The fourth-order valence-corrected chi connectivity index (χ4v) is 2.69. The lowest BCUT2D eigenvalue weighted by Gasteiger charge is -2.13. The fourth-order valence-electron chi connectivity index (χ4n) is 2.35. The minimum atomic E-state index is -4.73. The van der Waals surface area contributed by atoms with Crippen LogP contribution in [0.2, 0.25) is 0 Å². The van der Waals surface area contributed by atoms with Crippen molar-refractivity contribution in [3.63, 3.8) is 0 Å². The summed E-state index contributed by atoms with van der Waals surface area (Å²) in [5.74, 6) is -2.09. The molecule has 5 atom stereocenters. The van der Waals surface area contributed by atoms with Crippen LogP contribution in [0.4, 0.5) is 0 Å². The molecule has 0 bridgehead atoms. The van der Waals surface area contributed by atoms with Crippen LogP contribution in [0, 0.1) is 5.92 Å². The lowest BCUT2D eigenvalue weighted by atomic mass is 10.1. The van der Waals surface area contributed by atoms with E-state index in [1.54, 1.807) is 13.8 Å². The Hall–Kier alpha value is -1.96. The topological polar surface area (TPSA) is 221 Å². The molecular weight excluding hydrogens is 427 g/mol. The summed E-state index contributed by atoms with van der Waals surface area (Å²) < 4.78 is 21.4. The van der Waals surface area contributed by atoms with E-state index in [4.69, 9.17) is 30.5 Å². The van der Waals surface area contributed by atoms with Crippen LogP contribution in [-0.4, -0.2) is 73.1 Å². The van der Waals surface area contributed by atoms with Gasteiger partial charge in [-0.2, -0.15) is 4.57 Å². The maximum atomic E-state index is 10.9. The number of aromatic carboxylic acids is 1. The molecule has 0 radical (unpaired) electrons. The summed E-state index contributed by atoms with van der Waals surface area (Å²) in [6, 6.07) is 2.05. The number of carboxylic acids is 2. The van der Waals surface area contributed by atoms with Crippen LogP contribution in [-0.2, 0) is 18.6 Å². The van der Waals surface area contributed by atoms with E-state index in [1.165, 1.54) is 29.1 Å². The molecule has 14 heteroatoms. The number of carboxylic acid groups (broad SMARTS) is 2. The predicted molar refractivity (Wildman–Crippen MR) is 98.0 cm³/mol. The number of carbonyl (C=O) groups is 2. The van der Waals surface area contributed by atoms with Crippen molar-refractivity contribution in [2.45, 2.75) is 44.4 Å². The molecule has 0 unspecified atom stereocenters. The Morgan fingerprint density at radius 2 is 1.87 bits per heavy atom. The van der Waals surface area contributed by atoms with Crippen molar-refractivity contribution in [2.24, 2.45) is 11.7 Å². The van der Waals surface area contributed by atoms with Gasteiger partial charge in [0.2, 0.25) is 0 Å². The number of hydrogen-bond acceptors (Lipinski definition) is 8. The van der Waals surface area contributed by atoms with E-state index in [0.717, 1.165) is 0 Å². The third-order valence-electron chi connectivity index (χ3n) is 4.11. The van der Waals surface area contributed by atoms with Crippen molar-refractivity contribution >= 4 is 19.8 Å². The number of pyridine rings is 1. The molecule has 0 aromatic carbocycles. The third-order valence-corrected chi connectivity index (χ3v) is 4.60. The predicted octanol–water partition coefficient (Wildman–Crippen LogP) is -1.54. The summed E-state index contributed by atoms with van der Waals surface area (Å²) in [6.07, 6.45) is -2.51. The van der Waals surface area contributed by atoms with E-state index in [9.17, 15) is 24.4 Å². The van der Waals surface area contributed by atoms with Crippen molar-refractivity contribution < 1.29 is 58.2 Å². The van der Waals surface area contributed by atoms with Crippen molar-refractivity contribution in [3.8, 4) is 0 Å². The Kier molecular flexibility index (Phi) is 9.46. The van der Waals surface area contributed by atoms with Gasteiger partial charge in [0.15, 0.2) is 18.5 Å². The summed E-state index contributed by atoms with van der Waals surface area (Å²) in [5.41, 5.74) is 5.11. The average Bonchev–Trinajstić information content (AvgIpc) is 2.94. The zero-order chi connectivity index (χ0) is 23.2. The van der Waals surface area contributed by atoms with Gasteiger partial charge in [-0.25, -0.2) is 9.36 Å². The average molecular weight is 453 g/mol. The van der Waals surface area contributed by atoms with Crippen molar-refractivity contribution in [3.05, 3.63) is 30.1 Å². The van der Waals surface area contributed by atoms with Gasteiger partial charge in [-0.3, -0.25) is 9.32 Å². The Bertz CT molecular complexity index is 784. The number of phosphoric ester groups is 1. The van der Waals surface area contributed by atoms with Crippen LogP contribution < -0.4 is 10.3 Å². The molecule has 0 spiro atoms. The minimum Gasteiger partial charge on any atom is -0.480 e. The zero-order valence-electron chi connectivity index (χ0n) is 16.2. The molecule has 2 rings (SSSR count). The molecule has 0 aliphatic carbocycles. The Balaban J connectivity index is 0.000000479. The molecule has 13 nitrogen and oxygen atoms in total. The van der Waals surface area contributed by atoms with E-state index >= 15 is 0 Å². The molecule has 1 aromatic heterocycles. The van der Waals surface area contributed by atoms with Gasteiger partial charge in [-0.15, -0.1) is 0 Å². The number of aliphatic hydroxyl groups is 2. The summed E-state index contributed by atoms with van der Waals surface area (Å²) >= 11 is 0. The zero-order valence-corrected chi connectivity index (χ0v) is 17.1. The van der Waals surface area contributed by atoms with Crippen LogP contribution in [0.3, 0.4) is 0 Å². The molecule has 1 aromatic rings. The van der Waals surface area contributed by atoms with Gasteiger partial charge in [-0.05, 0) is 12.0 Å². The van der Waals surface area contributed by atoms with Gasteiger partial charge in [0.05, 0.1) is 6.61 Å².